The molecule has 0 bridgehead atoms. The van der Waals surface area contributed by atoms with Crippen molar-refractivity contribution in [2.24, 2.45) is 0 Å². The lowest BCUT2D eigenvalue weighted by molar-refractivity contribution is 0.533. The molecule has 0 aliphatic carbocycles. The summed E-state index contributed by atoms with van der Waals surface area (Å²) in [4.78, 5) is 3.99. The summed E-state index contributed by atoms with van der Waals surface area (Å²) in [5.74, 6) is -0.375. The molecular weight excluding hydrogens is 237 g/mol. The number of rotatable bonds is 3. The van der Waals surface area contributed by atoms with Crippen LogP contribution in [0.1, 0.15) is 44.3 Å². The van der Waals surface area contributed by atoms with Crippen LogP contribution in [0.2, 0.25) is 0 Å². The first-order chi connectivity index (χ1) is 7.83. The predicted molar refractivity (Wildman–Crippen MR) is 67.8 cm³/mol. The van der Waals surface area contributed by atoms with Gasteiger partial charge in [-0.1, -0.05) is 11.9 Å². The molecule has 3 nitrogen and oxygen atoms in total. The summed E-state index contributed by atoms with van der Waals surface area (Å²) in [5, 5.41) is 8.59. The summed E-state index contributed by atoms with van der Waals surface area (Å²) < 4.78 is 16.8. The van der Waals surface area contributed by atoms with Gasteiger partial charge in [-0.2, -0.15) is 5.26 Å². The molecule has 0 spiro atoms. The second kappa shape index (κ2) is 5.48. The van der Waals surface area contributed by atoms with Crippen LogP contribution in [-0.4, -0.2) is 10.5 Å². The summed E-state index contributed by atoms with van der Waals surface area (Å²) in [6.07, 6.45) is 0. The van der Waals surface area contributed by atoms with Crippen LogP contribution in [0.25, 0.3) is 0 Å². The zero-order chi connectivity index (χ0) is 13.1. The van der Waals surface area contributed by atoms with Crippen LogP contribution < -0.4 is 4.72 Å². The maximum Gasteiger partial charge on any atom is 0.145 e. The number of nitrogens with one attached hydrogen (secondary N) is 1. The number of hydrogen-bond acceptors (Lipinski definition) is 4. The summed E-state index contributed by atoms with van der Waals surface area (Å²) in [6.45, 7) is 7.95. The molecule has 1 N–H and O–H groups in total. The molecule has 1 aromatic rings. The van der Waals surface area contributed by atoms with Crippen molar-refractivity contribution in [2.45, 2.75) is 38.5 Å². The van der Waals surface area contributed by atoms with Gasteiger partial charge in [0.25, 0.3) is 0 Å². The van der Waals surface area contributed by atoms with E-state index in [1.807, 2.05) is 33.8 Å². The average Bonchev–Trinajstić information content (AvgIpc) is 2.25. The Balaban J connectivity index is 2.82. The molecular formula is C12H16FN3S. The number of nitriles is 1. The van der Waals surface area contributed by atoms with E-state index in [1.54, 1.807) is 0 Å². The van der Waals surface area contributed by atoms with Gasteiger partial charge < -0.3 is 0 Å². The van der Waals surface area contributed by atoms with Crippen molar-refractivity contribution in [1.82, 2.24) is 9.71 Å². The van der Waals surface area contributed by atoms with Gasteiger partial charge in [-0.05, 0) is 39.8 Å². The normalized spacial score (nSPS) is 13.2. The topological polar surface area (TPSA) is 48.7 Å². The summed E-state index contributed by atoms with van der Waals surface area (Å²) >= 11 is 1.41. The van der Waals surface area contributed by atoms with E-state index in [4.69, 9.17) is 5.26 Å². The maximum atomic E-state index is 13.6. The van der Waals surface area contributed by atoms with Gasteiger partial charge in [-0.3, -0.25) is 4.72 Å². The SMILES string of the molecule is CC(SNC(C)(C)C)c1nc(C#N)ccc1F. The fraction of sp³-hybridized carbons (Fsp3) is 0.500. The van der Waals surface area contributed by atoms with E-state index in [2.05, 4.69) is 9.71 Å². The number of aromatic nitrogens is 1. The zero-order valence-electron chi connectivity index (χ0n) is 10.4. The second-order valence-electron chi connectivity index (χ2n) is 4.79. The Morgan fingerprint density at radius 3 is 2.65 bits per heavy atom. The monoisotopic (exact) mass is 253 g/mol. The number of pyridine rings is 1. The number of nitrogens with zero attached hydrogens (tertiary/aromatic N) is 2. The molecule has 0 aliphatic rings. The van der Waals surface area contributed by atoms with E-state index in [0.717, 1.165) is 0 Å². The highest BCUT2D eigenvalue weighted by molar-refractivity contribution is 7.97. The van der Waals surface area contributed by atoms with Crippen molar-refractivity contribution in [3.8, 4) is 6.07 Å². The summed E-state index contributed by atoms with van der Waals surface area (Å²) in [7, 11) is 0. The molecule has 0 saturated carbocycles. The first-order valence-corrected chi connectivity index (χ1v) is 6.21. The molecule has 5 heteroatoms. The van der Waals surface area contributed by atoms with E-state index < -0.39 is 0 Å². The van der Waals surface area contributed by atoms with Crippen molar-refractivity contribution in [1.29, 1.82) is 5.26 Å². The first kappa shape index (κ1) is 13.9. The van der Waals surface area contributed by atoms with E-state index >= 15 is 0 Å². The smallest absolute Gasteiger partial charge is 0.145 e. The van der Waals surface area contributed by atoms with Gasteiger partial charge in [-0.25, -0.2) is 9.37 Å². The van der Waals surface area contributed by atoms with Gasteiger partial charge >= 0.3 is 0 Å². The number of halogens is 1. The van der Waals surface area contributed by atoms with E-state index in [-0.39, 0.29) is 22.3 Å². The third-order valence-electron chi connectivity index (χ3n) is 1.91. The van der Waals surface area contributed by atoms with Crippen LogP contribution in [0.15, 0.2) is 12.1 Å². The van der Waals surface area contributed by atoms with Gasteiger partial charge in [0.2, 0.25) is 0 Å². The van der Waals surface area contributed by atoms with E-state index in [9.17, 15) is 4.39 Å². The molecule has 0 aliphatic heterocycles. The van der Waals surface area contributed by atoms with Crippen molar-refractivity contribution in [3.63, 3.8) is 0 Å². The molecule has 1 unspecified atom stereocenters. The Kier molecular flexibility index (Phi) is 4.49. The molecule has 1 aromatic heterocycles. The Labute approximate surface area is 106 Å². The molecule has 0 amide bonds. The maximum absolute atomic E-state index is 13.6. The molecule has 0 radical (unpaired) electrons. The van der Waals surface area contributed by atoms with Crippen LogP contribution in [0.4, 0.5) is 4.39 Å². The lowest BCUT2D eigenvalue weighted by Crippen LogP contribution is -2.30. The molecule has 92 valence electrons. The van der Waals surface area contributed by atoms with E-state index in [1.165, 1.54) is 24.1 Å². The minimum atomic E-state index is -0.375. The van der Waals surface area contributed by atoms with Crippen molar-refractivity contribution >= 4 is 11.9 Å². The Morgan fingerprint density at radius 2 is 2.12 bits per heavy atom. The molecule has 0 aromatic carbocycles. The summed E-state index contributed by atoms with van der Waals surface area (Å²) in [5.41, 5.74) is 0.498. The van der Waals surface area contributed by atoms with Gasteiger partial charge in [-0.15, -0.1) is 0 Å². The number of hydrogen-bond donors (Lipinski definition) is 1. The van der Waals surface area contributed by atoms with Crippen molar-refractivity contribution in [2.75, 3.05) is 0 Å². The van der Waals surface area contributed by atoms with Gasteiger partial charge in [0.05, 0.1) is 10.9 Å². The highest BCUT2D eigenvalue weighted by atomic mass is 32.2. The Hall–Kier alpha value is -1.12. The minimum absolute atomic E-state index is 0.0533. The standard InChI is InChI=1S/C12H16FN3S/c1-8(17-16-12(2,3)4)11-10(13)6-5-9(7-14)15-11/h5-6,8,16H,1-4H3. The minimum Gasteiger partial charge on any atom is -0.258 e. The van der Waals surface area contributed by atoms with Gasteiger partial charge in [0.1, 0.15) is 17.6 Å². The van der Waals surface area contributed by atoms with E-state index in [0.29, 0.717) is 5.69 Å². The summed E-state index contributed by atoms with van der Waals surface area (Å²) in [6, 6.07) is 4.58. The lowest BCUT2D eigenvalue weighted by Gasteiger charge is -2.22. The van der Waals surface area contributed by atoms with Gasteiger partial charge in [0, 0.05) is 5.54 Å². The molecule has 1 rings (SSSR count). The molecule has 1 heterocycles. The average molecular weight is 253 g/mol. The fourth-order valence-corrected chi connectivity index (χ4v) is 1.93. The quantitative estimate of drug-likeness (QED) is 0.840. The van der Waals surface area contributed by atoms with Crippen molar-refractivity contribution < 1.29 is 4.39 Å². The molecule has 1 atom stereocenters. The third-order valence-corrected chi connectivity index (χ3v) is 3.22. The van der Waals surface area contributed by atoms with Crippen LogP contribution in [0.5, 0.6) is 0 Å². The van der Waals surface area contributed by atoms with Crippen LogP contribution >= 0.6 is 11.9 Å². The zero-order valence-corrected chi connectivity index (χ0v) is 11.2. The van der Waals surface area contributed by atoms with Gasteiger partial charge in [0.15, 0.2) is 0 Å². The lowest BCUT2D eigenvalue weighted by atomic mass is 10.1. The van der Waals surface area contributed by atoms with Crippen LogP contribution in [0.3, 0.4) is 0 Å². The molecule has 17 heavy (non-hydrogen) atoms. The highest BCUT2D eigenvalue weighted by Crippen LogP contribution is 2.28. The van der Waals surface area contributed by atoms with Crippen LogP contribution in [-0.2, 0) is 0 Å². The van der Waals surface area contributed by atoms with Crippen LogP contribution in [0, 0.1) is 17.1 Å². The molecule has 0 saturated heterocycles. The third kappa shape index (κ3) is 4.33. The van der Waals surface area contributed by atoms with Crippen molar-refractivity contribution in [3.05, 3.63) is 29.3 Å². The fourth-order valence-electron chi connectivity index (χ4n) is 1.13. The second-order valence-corrected chi connectivity index (χ2v) is 5.93. The highest BCUT2D eigenvalue weighted by Gasteiger charge is 2.17. The molecule has 0 fully saturated rings. The predicted octanol–water partition coefficient (Wildman–Crippen LogP) is 3.19. The Bertz CT molecular complexity index is 434. The largest absolute Gasteiger partial charge is 0.258 e. The first-order valence-electron chi connectivity index (χ1n) is 5.33. The Morgan fingerprint density at radius 1 is 1.47 bits per heavy atom.